The average Bonchev–Trinajstić information content (AvgIpc) is 2.47. The Morgan fingerprint density at radius 3 is 2.32 bits per heavy atom. The fourth-order valence-electron chi connectivity index (χ4n) is 1.83. The standard InChI is InChI=1S/C15H11O4/c1-18-15(17)13-8-3-2-6-11(13)12-7-4-5-9-14(12)19-10-16/h2-9H,1H3. The molecule has 0 heterocycles. The Hall–Kier alpha value is -2.62. The van der Waals surface area contributed by atoms with E-state index in [0.29, 0.717) is 22.4 Å². The molecule has 2 rings (SSSR count). The molecule has 0 aromatic heterocycles. The normalized spacial score (nSPS) is 9.74. The van der Waals surface area contributed by atoms with Crippen molar-refractivity contribution in [3.8, 4) is 16.9 Å². The van der Waals surface area contributed by atoms with Crippen LogP contribution in [0, 0.1) is 0 Å². The van der Waals surface area contributed by atoms with E-state index in [2.05, 4.69) is 0 Å². The van der Waals surface area contributed by atoms with Gasteiger partial charge in [-0.05, 0) is 17.7 Å². The zero-order valence-corrected chi connectivity index (χ0v) is 10.3. The van der Waals surface area contributed by atoms with Crippen molar-refractivity contribution >= 4 is 12.4 Å². The molecule has 0 unspecified atom stereocenters. The molecule has 4 nitrogen and oxygen atoms in total. The summed E-state index contributed by atoms with van der Waals surface area (Å²) in [6.45, 7) is 1.39. The summed E-state index contributed by atoms with van der Waals surface area (Å²) in [7, 11) is 1.32. The van der Waals surface area contributed by atoms with E-state index >= 15 is 0 Å². The van der Waals surface area contributed by atoms with Crippen molar-refractivity contribution in [2.75, 3.05) is 7.11 Å². The Labute approximate surface area is 110 Å². The first-order chi connectivity index (χ1) is 9.27. The maximum Gasteiger partial charge on any atom is 0.423 e. The van der Waals surface area contributed by atoms with Crippen molar-refractivity contribution < 1.29 is 19.1 Å². The average molecular weight is 255 g/mol. The number of methoxy groups -OCH3 is 1. The van der Waals surface area contributed by atoms with Gasteiger partial charge in [-0.2, -0.15) is 0 Å². The number of hydrogen-bond acceptors (Lipinski definition) is 4. The van der Waals surface area contributed by atoms with Crippen LogP contribution in [-0.4, -0.2) is 19.6 Å². The highest BCUT2D eigenvalue weighted by Gasteiger charge is 2.15. The van der Waals surface area contributed by atoms with Gasteiger partial charge >= 0.3 is 12.4 Å². The largest absolute Gasteiger partial charge is 0.465 e. The molecule has 0 saturated carbocycles. The van der Waals surface area contributed by atoms with Crippen molar-refractivity contribution in [3.05, 3.63) is 54.1 Å². The number of ether oxygens (including phenoxy) is 2. The number of carbonyl (C=O) groups is 1. The first-order valence-corrected chi connectivity index (χ1v) is 5.58. The van der Waals surface area contributed by atoms with E-state index in [9.17, 15) is 9.59 Å². The van der Waals surface area contributed by atoms with Gasteiger partial charge in [-0.1, -0.05) is 36.4 Å². The maximum atomic E-state index is 11.7. The summed E-state index contributed by atoms with van der Waals surface area (Å²) in [5.74, 6) is -0.102. The third-order valence-corrected chi connectivity index (χ3v) is 2.66. The van der Waals surface area contributed by atoms with Crippen molar-refractivity contribution in [2.45, 2.75) is 0 Å². The third-order valence-electron chi connectivity index (χ3n) is 2.66. The molecular formula is C15H11O4. The number of carbonyl (C=O) groups excluding carboxylic acids is 2. The molecule has 0 spiro atoms. The van der Waals surface area contributed by atoms with Gasteiger partial charge in [-0.3, -0.25) is 0 Å². The van der Waals surface area contributed by atoms with Gasteiger partial charge in [-0.15, -0.1) is 0 Å². The smallest absolute Gasteiger partial charge is 0.423 e. The summed E-state index contributed by atoms with van der Waals surface area (Å²) in [6, 6.07) is 13.9. The van der Waals surface area contributed by atoms with Crippen LogP contribution in [0.5, 0.6) is 5.75 Å². The van der Waals surface area contributed by atoms with E-state index in [-0.39, 0.29) is 0 Å². The summed E-state index contributed by atoms with van der Waals surface area (Å²) in [6.07, 6.45) is 0. The third kappa shape index (κ3) is 2.63. The number of rotatable bonds is 4. The molecule has 0 aliphatic rings. The number of benzene rings is 2. The highest BCUT2D eigenvalue weighted by molar-refractivity contribution is 5.98. The van der Waals surface area contributed by atoms with Gasteiger partial charge in [0.25, 0.3) is 0 Å². The van der Waals surface area contributed by atoms with Gasteiger partial charge in [-0.25, -0.2) is 9.59 Å². The van der Waals surface area contributed by atoms with E-state index in [1.807, 2.05) is 0 Å². The molecule has 0 atom stereocenters. The molecule has 0 saturated heterocycles. The van der Waals surface area contributed by atoms with Crippen LogP contribution >= 0.6 is 0 Å². The minimum Gasteiger partial charge on any atom is -0.465 e. The van der Waals surface area contributed by atoms with Crippen molar-refractivity contribution in [1.82, 2.24) is 0 Å². The number of esters is 1. The minimum atomic E-state index is -0.444. The van der Waals surface area contributed by atoms with Crippen LogP contribution in [0.4, 0.5) is 0 Å². The topological polar surface area (TPSA) is 52.6 Å². The van der Waals surface area contributed by atoms with Gasteiger partial charge in [0, 0.05) is 5.56 Å². The Kier molecular flexibility index (Phi) is 3.93. The summed E-state index contributed by atoms with van der Waals surface area (Å²) in [5, 5.41) is 0. The van der Waals surface area contributed by atoms with Crippen LogP contribution in [0.15, 0.2) is 48.5 Å². The monoisotopic (exact) mass is 255 g/mol. The van der Waals surface area contributed by atoms with E-state index < -0.39 is 5.97 Å². The molecule has 0 amide bonds. The lowest BCUT2D eigenvalue weighted by atomic mass is 9.99. The zero-order chi connectivity index (χ0) is 13.7. The molecule has 0 fully saturated rings. The predicted octanol–water partition coefficient (Wildman–Crippen LogP) is 2.59. The fraction of sp³-hybridized carbons (Fsp3) is 0.0667. The summed E-state index contributed by atoms with van der Waals surface area (Å²) >= 11 is 0. The maximum absolute atomic E-state index is 11.7. The van der Waals surface area contributed by atoms with Crippen molar-refractivity contribution in [3.63, 3.8) is 0 Å². The summed E-state index contributed by atoms with van der Waals surface area (Å²) in [4.78, 5) is 22.1. The zero-order valence-electron chi connectivity index (χ0n) is 10.3. The van der Waals surface area contributed by atoms with Crippen LogP contribution in [0.3, 0.4) is 0 Å². The first kappa shape index (κ1) is 12.8. The molecule has 0 aliphatic carbocycles. The SMILES string of the molecule is COC(=O)c1ccccc1-c1ccccc1O[C]=O. The summed E-state index contributed by atoms with van der Waals surface area (Å²) < 4.78 is 9.54. The van der Waals surface area contributed by atoms with Crippen LogP contribution in [0.2, 0.25) is 0 Å². The lowest BCUT2D eigenvalue weighted by Crippen LogP contribution is -2.04. The Bertz CT molecular complexity index is 605. The van der Waals surface area contributed by atoms with Gasteiger partial charge in [0.15, 0.2) is 0 Å². The van der Waals surface area contributed by atoms with Gasteiger partial charge < -0.3 is 9.47 Å². The Morgan fingerprint density at radius 1 is 1.00 bits per heavy atom. The van der Waals surface area contributed by atoms with E-state index in [0.717, 1.165) is 0 Å². The molecule has 19 heavy (non-hydrogen) atoms. The van der Waals surface area contributed by atoms with Crippen LogP contribution in [0.1, 0.15) is 10.4 Å². The lowest BCUT2D eigenvalue weighted by Gasteiger charge is -2.10. The van der Waals surface area contributed by atoms with E-state index in [1.54, 1.807) is 48.5 Å². The van der Waals surface area contributed by atoms with E-state index in [4.69, 9.17) is 9.47 Å². The molecule has 0 bridgehead atoms. The quantitative estimate of drug-likeness (QED) is 0.788. The van der Waals surface area contributed by atoms with Crippen molar-refractivity contribution in [2.24, 2.45) is 0 Å². The van der Waals surface area contributed by atoms with Gasteiger partial charge in [0.05, 0.1) is 12.7 Å². The van der Waals surface area contributed by atoms with Gasteiger partial charge in [0.2, 0.25) is 0 Å². The Morgan fingerprint density at radius 2 is 1.63 bits per heavy atom. The van der Waals surface area contributed by atoms with Crippen LogP contribution in [0.25, 0.3) is 11.1 Å². The second-order valence-corrected chi connectivity index (χ2v) is 3.72. The second-order valence-electron chi connectivity index (χ2n) is 3.72. The Balaban J connectivity index is 2.59. The molecule has 1 radical (unpaired) electrons. The molecule has 2 aromatic rings. The predicted molar refractivity (Wildman–Crippen MR) is 69.5 cm³/mol. The number of hydrogen-bond donors (Lipinski definition) is 0. The molecule has 4 heteroatoms. The highest BCUT2D eigenvalue weighted by Crippen LogP contribution is 2.32. The second kappa shape index (κ2) is 5.82. The van der Waals surface area contributed by atoms with E-state index in [1.165, 1.54) is 13.6 Å². The minimum absolute atomic E-state index is 0.342. The molecule has 2 aromatic carbocycles. The highest BCUT2D eigenvalue weighted by atomic mass is 16.5. The summed E-state index contributed by atoms with van der Waals surface area (Å²) in [5.41, 5.74) is 1.68. The first-order valence-electron chi connectivity index (χ1n) is 5.58. The molecular weight excluding hydrogens is 244 g/mol. The molecule has 95 valence electrons. The molecule has 0 aliphatic heterocycles. The van der Waals surface area contributed by atoms with Crippen molar-refractivity contribution in [1.29, 1.82) is 0 Å². The van der Waals surface area contributed by atoms with Crippen LogP contribution in [-0.2, 0) is 9.53 Å². The number of para-hydroxylation sites is 1. The molecule has 0 N–H and O–H groups in total. The fourth-order valence-corrected chi connectivity index (χ4v) is 1.83. The lowest BCUT2D eigenvalue weighted by molar-refractivity contribution is 0.0601. The van der Waals surface area contributed by atoms with Gasteiger partial charge in [0.1, 0.15) is 5.75 Å². The van der Waals surface area contributed by atoms with Crippen LogP contribution < -0.4 is 4.74 Å².